The third-order valence-corrected chi connectivity index (χ3v) is 3.48. The molecule has 0 unspecified atom stereocenters. The van der Waals surface area contributed by atoms with Gasteiger partial charge in [0.25, 0.3) is 0 Å². The summed E-state index contributed by atoms with van der Waals surface area (Å²) in [4.78, 5) is 0. The lowest BCUT2D eigenvalue weighted by Crippen LogP contribution is -2.03. The second kappa shape index (κ2) is 6.55. The van der Waals surface area contributed by atoms with Crippen molar-refractivity contribution in [2.24, 2.45) is 0 Å². The van der Waals surface area contributed by atoms with Crippen LogP contribution < -0.4 is 10.1 Å². The molecule has 0 aliphatic rings. The van der Waals surface area contributed by atoms with Crippen LogP contribution in [0.5, 0.6) is 5.75 Å². The summed E-state index contributed by atoms with van der Waals surface area (Å²) in [5.41, 5.74) is 1.21. The standard InChI is InChI=1S/C15H11BrF2N2O/c1-21-15-3-2-9(4-10(15)7-19)8-20-14-6-12(17)11(16)5-13(14)18/h2-6,20H,8H2,1H3. The average Bonchev–Trinajstić information content (AvgIpc) is 2.49. The van der Waals surface area contributed by atoms with Crippen molar-refractivity contribution in [3.8, 4) is 11.8 Å². The Kier molecular flexibility index (Phi) is 4.76. The molecule has 0 fully saturated rings. The first-order valence-corrected chi connectivity index (χ1v) is 6.80. The number of anilines is 1. The highest BCUT2D eigenvalue weighted by atomic mass is 79.9. The van der Waals surface area contributed by atoms with Gasteiger partial charge in [-0.25, -0.2) is 8.78 Å². The lowest BCUT2D eigenvalue weighted by Gasteiger charge is -2.10. The molecule has 0 aromatic heterocycles. The van der Waals surface area contributed by atoms with E-state index in [0.29, 0.717) is 11.3 Å². The van der Waals surface area contributed by atoms with E-state index >= 15 is 0 Å². The zero-order chi connectivity index (χ0) is 15.4. The summed E-state index contributed by atoms with van der Waals surface area (Å²) in [6.45, 7) is 0.261. The zero-order valence-electron chi connectivity index (χ0n) is 11.1. The zero-order valence-corrected chi connectivity index (χ0v) is 12.7. The smallest absolute Gasteiger partial charge is 0.147 e. The van der Waals surface area contributed by atoms with Crippen LogP contribution in [-0.2, 0) is 6.54 Å². The monoisotopic (exact) mass is 352 g/mol. The minimum atomic E-state index is -0.558. The molecular formula is C15H11BrF2N2O. The molecule has 2 rings (SSSR count). The van der Waals surface area contributed by atoms with E-state index in [1.54, 1.807) is 18.2 Å². The van der Waals surface area contributed by atoms with Crippen LogP contribution in [-0.4, -0.2) is 7.11 Å². The fourth-order valence-electron chi connectivity index (χ4n) is 1.81. The van der Waals surface area contributed by atoms with Gasteiger partial charge < -0.3 is 10.1 Å². The van der Waals surface area contributed by atoms with Crippen molar-refractivity contribution >= 4 is 21.6 Å². The van der Waals surface area contributed by atoms with Gasteiger partial charge in [-0.15, -0.1) is 0 Å². The molecule has 2 aromatic rings. The van der Waals surface area contributed by atoms with Crippen molar-refractivity contribution < 1.29 is 13.5 Å². The predicted octanol–water partition coefficient (Wildman–Crippen LogP) is 4.22. The lowest BCUT2D eigenvalue weighted by atomic mass is 10.1. The molecule has 108 valence electrons. The number of benzene rings is 2. The Bertz CT molecular complexity index is 714. The molecule has 0 radical (unpaired) electrons. The van der Waals surface area contributed by atoms with Crippen LogP contribution in [0.2, 0.25) is 0 Å². The maximum atomic E-state index is 13.7. The molecule has 0 spiro atoms. The average molecular weight is 353 g/mol. The molecule has 0 heterocycles. The van der Waals surface area contributed by atoms with Gasteiger partial charge in [0.05, 0.1) is 22.8 Å². The van der Waals surface area contributed by atoms with Crippen LogP contribution >= 0.6 is 15.9 Å². The summed E-state index contributed by atoms with van der Waals surface area (Å²) < 4.78 is 32.2. The largest absolute Gasteiger partial charge is 0.495 e. The minimum absolute atomic E-state index is 0.0602. The van der Waals surface area contributed by atoms with E-state index in [1.807, 2.05) is 6.07 Å². The lowest BCUT2D eigenvalue weighted by molar-refractivity contribution is 0.413. The van der Waals surface area contributed by atoms with Gasteiger partial charge in [-0.2, -0.15) is 5.26 Å². The molecule has 21 heavy (non-hydrogen) atoms. The summed E-state index contributed by atoms with van der Waals surface area (Å²) in [7, 11) is 1.48. The molecule has 2 aromatic carbocycles. The number of nitrogens with one attached hydrogen (secondary N) is 1. The number of nitrogens with zero attached hydrogens (tertiary/aromatic N) is 1. The van der Waals surface area contributed by atoms with Crippen molar-refractivity contribution in [2.75, 3.05) is 12.4 Å². The molecule has 1 N–H and O–H groups in total. The number of nitriles is 1. The molecule has 0 bridgehead atoms. The van der Waals surface area contributed by atoms with Crippen LogP contribution in [0.3, 0.4) is 0 Å². The van der Waals surface area contributed by atoms with Crippen molar-refractivity contribution in [3.05, 3.63) is 57.6 Å². The third-order valence-electron chi connectivity index (χ3n) is 2.88. The van der Waals surface area contributed by atoms with Crippen molar-refractivity contribution in [1.82, 2.24) is 0 Å². The Balaban J connectivity index is 2.17. The number of hydrogen-bond donors (Lipinski definition) is 1. The van der Waals surface area contributed by atoms with Gasteiger partial charge in [0.1, 0.15) is 23.5 Å². The third kappa shape index (κ3) is 3.50. The molecule has 0 aliphatic carbocycles. The van der Waals surface area contributed by atoms with Gasteiger partial charge in [-0.3, -0.25) is 0 Å². The highest BCUT2D eigenvalue weighted by Gasteiger charge is 2.09. The fraction of sp³-hybridized carbons (Fsp3) is 0.133. The van der Waals surface area contributed by atoms with Gasteiger partial charge in [-0.05, 0) is 39.7 Å². The number of ether oxygens (including phenoxy) is 1. The number of halogens is 3. The van der Waals surface area contributed by atoms with Crippen molar-refractivity contribution in [1.29, 1.82) is 5.26 Å². The summed E-state index contributed by atoms with van der Waals surface area (Å²) >= 11 is 2.92. The molecule has 0 saturated carbocycles. The van der Waals surface area contributed by atoms with Gasteiger partial charge in [0.15, 0.2) is 0 Å². The Morgan fingerprint density at radius 1 is 1.24 bits per heavy atom. The topological polar surface area (TPSA) is 45.0 Å². The Morgan fingerprint density at radius 3 is 2.67 bits per heavy atom. The van der Waals surface area contributed by atoms with Crippen LogP contribution in [0.15, 0.2) is 34.8 Å². The maximum Gasteiger partial charge on any atom is 0.147 e. The van der Waals surface area contributed by atoms with Crippen LogP contribution in [0.1, 0.15) is 11.1 Å². The highest BCUT2D eigenvalue weighted by Crippen LogP contribution is 2.24. The Hall–Kier alpha value is -2.13. The maximum absolute atomic E-state index is 13.7. The van der Waals surface area contributed by atoms with Crippen molar-refractivity contribution in [3.63, 3.8) is 0 Å². The molecule has 0 amide bonds. The van der Waals surface area contributed by atoms with Gasteiger partial charge in [0, 0.05) is 12.6 Å². The summed E-state index contributed by atoms with van der Waals surface area (Å²) in [6.07, 6.45) is 0. The first-order chi connectivity index (χ1) is 10.0. The van der Waals surface area contributed by atoms with Crippen molar-refractivity contribution in [2.45, 2.75) is 6.54 Å². The molecule has 3 nitrogen and oxygen atoms in total. The quantitative estimate of drug-likeness (QED) is 0.838. The summed E-state index contributed by atoms with van der Waals surface area (Å²) in [5, 5.41) is 11.8. The van der Waals surface area contributed by atoms with E-state index in [1.165, 1.54) is 7.11 Å². The Labute approximate surface area is 129 Å². The molecular weight excluding hydrogens is 342 g/mol. The number of hydrogen-bond acceptors (Lipinski definition) is 3. The van der Waals surface area contributed by atoms with Gasteiger partial charge in [-0.1, -0.05) is 6.07 Å². The first kappa shape index (κ1) is 15.3. The molecule has 0 saturated heterocycles. The van der Waals surface area contributed by atoms with Crippen LogP contribution in [0.4, 0.5) is 14.5 Å². The van der Waals surface area contributed by atoms with Gasteiger partial charge in [0.2, 0.25) is 0 Å². The SMILES string of the molecule is COc1ccc(CNc2cc(F)c(Br)cc2F)cc1C#N. The number of rotatable bonds is 4. The van der Waals surface area contributed by atoms with E-state index < -0.39 is 11.6 Å². The second-order valence-electron chi connectivity index (χ2n) is 4.25. The van der Waals surface area contributed by atoms with E-state index in [4.69, 9.17) is 10.00 Å². The van der Waals surface area contributed by atoms with Crippen LogP contribution in [0, 0.1) is 23.0 Å². The normalized spacial score (nSPS) is 10.0. The predicted molar refractivity (Wildman–Crippen MR) is 79.1 cm³/mol. The Morgan fingerprint density at radius 2 is 2.00 bits per heavy atom. The molecule has 6 heteroatoms. The van der Waals surface area contributed by atoms with E-state index in [9.17, 15) is 8.78 Å². The van der Waals surface area contributed by atoms with E-state index in [0.717, 1.165) is 17.7 Å². The summed E-state index contributed by atoms with van der Waals surface area (Å²) in [5.74, 6) is -0.634. The summed E-state index contributed by atoms with van der Waals surface area (Å²) in [6, 6.07) is 9.21. The van der Waals surface area contributed by atoms with E-state index in [2.05, 4.69) is 21.2 Å². The fourth-order valence-corrected chi connectivity index (χ4v) is 2.12. The highest BCUT2D eigenvalue weighted by molar-refractivity contribution is 9.10. The molecule has 0 atom stereocenters. The second-order valence-corrected chi connectivity index (χ2v) is 5.10. The first-order valence-electron chi connectivity index (χ1n) is 6.00. The van der Waals surface area contributed by atoms with Crippen LogP contribution in [0.25, 0.3) is 0 Å². The number of methoxy groups -OCH3 is 1. The minimum Gasteiger partial charge on any atom is -0.495 e. The van der Waals surface area contributed by atoms with Gasteiger partial charge >= 0.3 is 0 Å². The van der Waals surface area contributed by atoms with E-state index in [-0.39, 0.29) is 16.7 Å². The molecule has 0 aliphatic heterocycles.